The van der Waals surface area contributed by atoms with Crippen LogP contribution in [0, 0.1) is 0 Å². The van der Waals surface area contributed by atoms with E-state index in [1.165, 1.54) is 11.1 Å². The van der Waals surface area contributed by atoms with E-state index in [1.54, 1.807) is 23.7 Å². The van der Waals surface area contributed by atoms with E-state index >= 15 is 0 Å². The van der Waals surface area contributed by atoms with Gasteiger partial charge in [0.05, 0.1) is 14.0 Å². The minimum absolute atomic E-state index is 0.0790. The van der Waals surface area contributed by atoms with Crippen molar-refractivity contribution in [1.82, 2.24) is 14.9 Å². The Hall–Kier alpha value is -2.44. The fraction of sp³-hybridized carbons (Fsp3) is 0.250. The fourth-order valence-electron chi connectivity index (χ4n) is 3.44. The molecular weight excluding hydrogens is 458 g/mol. The molecule has 1 amide bonds. The molecular formula is C24H24BrN3OS. The molecule has 0 aliphatic carbocycles. The number of hydrogen-bond donors (Lipinski definition) is 1. The summed E-state index contributed by atoms with van der Waals surface area (Å²) in [5.41, 5.74) is 5.31. The van der Waals surface area contributed by atoms with Crippen LogP contribution < -0.4 is 5.32 Å². The molecule has 0 saturated carbocycles. The lowest BCUT2D eigenvalue weighted by Gasteiger charge is -2.19. The number of halogens is 1. The number of carbonyl (C=O) groups excluding carboxylic acids is 1. The number of benzene rings is 1. The van der Waals surface area contributed by atoms with Crippen LogP contribution in [0.5, 0.6) is 0 Å². The first-order valence-electron chi connectivity index (χ1n) is 9.86. The van der Waals surface area contributed by atoms with E-state index in [0.717, 1.165) is 19.6 Å². The molecule has 3 heterocycles. The number of nitrogens with one attached hydrogen (secondary N) is 1. The molecule has 4 aromatic rings. The second-order valence-electron chi connectivity index (χ2n) is 8.41. The molecule has 0 saturated heterocycles. The number of hydrogen-bond acceptors (Lipinski definition) is 3. The van der Waals surface area contributed by atoms with Gasteiger partial charge in [0.1, 0.15) is 5.69 Å². The number of aromatic nitrogens is 2. The van der Waals surface area contributed by atoms with Gasteiger partial charge < -0.3 is 9.88 Å². The van der Waals surface area contributed by atoms with Crippen molar-refractivity contribution in [2.75, 3.05) is 0 Å². The van der Waals surface area contributed by atoms with Gasteiger partial charge in [-0.15, -0.1) is 11.3 Å². The van der Waals surface area contributed by atoms with E-state index in [2.05, 4.69) is 81.9 Å². The summed E-state index contributed by atoms with van der Waals surface area (Å²) in [4.78, 5) is 17.1. The van der Waals surface area contributed by atoms with Gasteiger partial charge in [0.15, 0.2) is 0 Å². The Morgan fingerprint density at radius 3 is 2.57 bits per heavy atom. The predicted octanol–water partition coefficient (Wildman–Crippen LogP) is 6.14. The molecule has 0 unspecified atom stereocenters. The summed E-state index contributed by atoms with van der Waals surface area (Å²) in [6.07, 6.45) is 3.50. The number of thiophene rings is 1. The summed E-state index contributed by atoms with van der Waals surface area (Å²) in [7, 11) is 0. The summed E-state index contributed by atoms with van der Waals surface area (Å²) in [5, 5.41) is 3.03. The highest BCUT2D eigenvalue weighted by Crippen LogP contribution is 2.33. The van der Waals surface area contributed by atoms with E-state index in [1.807, 2.05) is 18.2 Å². The normalized spacial score (nSPS) is 11.7. The van der Waals surface area contributed by atoms with E-state index in [0.29, 0.717) is 18.8 Å². The van der Waals surface area contributed by atoms with Crippen LogP contribution in [-0.2, 0) is 18.5 Å². The third-order valence-corrected chi connectivity index (χ3v) is 6.70. The first-order valence-corrected chi connectivity index (χ1v) is 11.5. The number of nitrogens with zero attached hydrogens (tertiary/aromatic N) is 2. The molecule has 0 spiro atoms. The zero-order chi connectivity index (χ0) is 21.3. The van der Waals surface area contributed by atoms with Gasteiger partial charge in [-0.3, -0.25) is 9.78 Å². The molecule has 0 aliphatic rings. The molecule has 0 atom stereocenters. The third kappa shape index (κ3) is 4.50. The molecule has 154 valence electrons. The molecule has 30 heavy (non-hydrogen) atoms. The quantitative estimate of drug-likeness (QED) is 0.372. The number of fused-ring (bicyclic) bond motifs is 1. The molecule has 4 nitrogen and oxygen atoms in total. The SMILES string of the molecule is CC(C)(C)c1ccc(Cn2c(C(=O)NCc3cccnc3)cc3sc(Br)cc32)cc1. The van der Waals surface area contributed by atoms with Crippen LogP contribution in [0.2, 0.25) is 0 Å². The second kappa shape index (κ2) is 8.36. The first-order chi connectivity index (χ1) is 14.3. The lowest BCUT2D eigenvalue weighted by Crippen LogP contribution is -2.25. The van der Waals surface area contributed by atoms with Gasteiger partial charge in [-0.25, -0.2) is 0 Å². The molecule has 3 aromatic heterocycles. The van der Waals surface area contributed by atoms with Gasteiger partial charge >= 0.3 is 0 Å². The molecule has 4 rings (SSSR count). The zero-order valence-electron chi connectivity index (χ0n) is 17.3. The van der Waals surface area contributed by atoms with E-state index in [9.17, 15) is 4.79 Å². The summed E-state index contributed by atoms with van der Waals surface area (Å²) in [5.74, 6) is -0.0790. The van der Waals surface area contributed by atoms with Gasteiger partial charge in [-0.05, 0) is 56.2 Å². The highest BCUT2D eigenvalue weighted by molar-refractivity contribution is 9.11. The summed E-state index contributed by atoms with van der Waals surface area (Å²) in [6.45, 7) is 7.74. The number of rotatable bonds is 5. The van der Waals surface area contributed by atoms with Crippen LogP contribution >= 0.6 is 27.3 Å². The van der Waals surface area contributed by atoms with Crippen molar-refractivity contribution in [3.8, 4) is 0 Å². The third-order valence-electron chi connectivity index (χ3n) is 5.13. The molecule has 0 radical (unpaired) electrons. The van der Waals surface area contributed by atoms with Gasteiger partial charge in [0.25, 0.3) is 5.91 Å². The molecule has 1 aromatic carbocycles. The summed E-state index contributed by atoms with van der Waals surface area (Å²) >= 11 is 5.22. The maximum atomic E-state index is 13.0. The molecule has 0 aliphatic heterocycles. The topological polar surface area (TPSA) is 46.9 Å². The maximum Gasteiger partial charge on any atom is 0.268 e. The lowest BCUT2D eigenvalue weighted by molar-refractivity contribution is 0.0942. The zero-order valence-corrected chi connectivity index (χ0v) is 19.7. The Morgan fingerprint density at radius 1 is 1.13 bits per heavy atom. The van der Waals surface area contributed by atoms with E-state index in [4.69, 9.17) is 0 Å². The van der Waals surface area contributed by atoms with Crippen molar-refractivity contribution in [2.45, 2.75) is 39.3 Å². The van der Waals surface area contributed by atoms with Crippen LogP contribution in [-0.4, -0.2) is 15.5 Å². The van der Waals surface area contributed by atoms with Crippen LogP contribution in [0.3, 0.4) is 0 Å². The molecule has 0 bridgehead atoms. The van der Waals surface area contributed by atoms with Gasteiger partial charge in [0.2, 0.25) is 0 Å². The van der Waals surface area contributed by atoms with Gasteiger partial charge in [-0.1, -0.05) is 51.1 Å². The second-order valence-corrected chi connectivity index (χ2v) is 10.9. The molecule has 1 N–H and O–H groups in total. The summed E-state index contributed by atoms with van der Waals surface area (Å²) < 4.78 is 4.26. The Morgan fingerprint density at radius 2 is 1.90 bits per heavy atom. The predicted molar refractivity (Wildman–Crippen MR) is 127 cm³/mol. The minimum atomic E-state index is -0.0790. The molecule has 0 fully saturated rings. The minimum Gasteiger partial charge on any atom is -0.347 e. The van der Waals surface area contributed by atoms with E-state index < -0.39 is 0 Å². The Labute approximate surface area is 189 Å². The molecule has 6 heteroatoms. The average molecular weight is 482 g/mol. The Bertz CT molecular complexity index is 1170. The largest absolute Gasteiger partial charge is 0.347 e. The lowest BCUT2D eigenvalue weighted by atomic mass is 9.87. The van der Waals surface area contributed by atoms with E-state index in [-0.39, 0.29) is 11.3 Å². The monoisotopic (exact) mass is 481 g/mol. The van der Waals surface area contributed by atoms with Crippen molar-refractivity contribution in [3.05, 3.63) is 87.1 Å². The van der Waals surface area contributed by atoms with Crippen LogP contribution in [0.15, 0.2) is 64.7 Å². The fourth-order valence-corrected chi connectivity index (χ4v) is 5.00. The van der Waals surface area contributed by atoms with Gasteiger partial charge in [0, 0.05) is 25.5 Å². The maximum absolute atomic E-state index is 13.0. The number of pyridine rings is 1. The average Bonchev–Trinajstić information content (AvgIpc) is 3.24. The Balaban J connectivity index is 1.62. The Kier molecular flexibility index (Phi) is 5.80. The van der Waals surface area contributed by atoms with Crippen molar-refractivity contribution in [3.63, 3.8) is 0 Å². The van der Waals surface area contributed by atoms with Crippen LogP contribution in [0.4, 0.5) is 0 Å². The smallest absolute Gasteiger partial charge is 0.268 e. The standard InChI is InChI=1S/C24H24BrN3OS/c1-24(2,3)18-8-6-16(7-9-18)15-28-19-12-22(25)30-21(19)11-20(28)23(29)27-14-17-5-4-10-26-13-17/h4-13H,14-15H2,1-3H3,(H,27,29). The first kappa shape index (κ1) is 20.8. The van der Waals surface area contributed by atoms with Crippen molar-refractivity contribution >= 4 is 43.4 Å². The highest BCUT2D eigenvalue weighted by atomic mass is 79.9. The van der Waals surface area contributed by atoms with Crippen molar-refractivity contribution < 1.29 is 4.79 Å². The number of carbonyl (C=O) groups is 1. The van der Waals surface area contributed by atoms with Gasteiger partial charge in [-0.2, -0.15) is 0 Å². The van der Waals surface area contributed by atoms with Crippen molar-refractivity contribution in [2.24, 2.45) is 0 Å². The van der Waals surface area contributed by atoms with Crippen molar-refractivity contribution in [1.29, 1.82) is 0 Å². The summed E-state index contributed by atoms with van der Waals surface area (Å²) in [6, 6.07) is 16.6. The highest BCUT2D eigenvalue weighted by Gasteiger charge is 2.18. The van der Waals surface area contributed by atoms with Crippen LogP contribution in [0.25, 0.3) is 10.2 Å². The van der Waals surface area contributed by atoms with Crippen LogP contribution in [0.1, 0.15) is 48.0 Å². The number of amides is 1.